The summed E-state index contributed by atoms with van der Waals surface area (Å²) in [5.41, 5.74) is 0.459. The molecule has 1 N–H and O–H groups in total. The van der Waals surface area contributed by atoms with Crippen molar-refractivity contribution >= 4 is 46.8 Å². The normalized spacial score (nSPS) is 18.5. The minimum atomic E-state index is -4.64. The summed E-state index contributed by atoms with van der Waals surface area (Å²) in [6, 6.07) is 20.9. The molecule has 0 atom stereocenters. The van der Waals surface area contributed by atoms with Crippen molar-refractivity contribution in [3.63, 3.8) is 0 Å². The molecule has 3 aromatic carbocycles. The van der Waals surface area contributed by atoms with Crippen LogP contribution < -0.4 is 20.2 Å². The monoisotopic (exact) mass is 379 g/mol. The Balaban J connectivity index is 2.01. The molecule has 6 heteroatoms. The summed E-state index contributed by atoms with van der Waals surface area (Å²) in [7, 11) is -4.64. The van der Waals surface area contributed by atoms with Crippen LogP contribution >= 0.6 is 30.5 Å². The van der Waals surface area contributed by atoms with Gasteiger partial charge in [-0.25, -0.2) is 0 Å². The van der Waals surface area contributed by atoms with Gasteiger partial charge in [0.25, 0.3) is 0 Å². The predicted molar refractivity (Wildman–Crippen MR) is 101 cm³/mol. The second-order valence-electron chi connectivity index (χ2n) is 5.57. The maximum atomic E-state index is 17.0. The van der Waals surface area contributed by atoms with E-state index < -0.39 is 7.29 Å². The van der Waals surface area contributed by atoms with Gasteiger partial charge in [-0.3, -0.25) is 0 Å². The SMILES string of the molecule is FP1(c2ccccc2)(c2ccccc2)Nc2cc(Cl)cc(Cl)c2O1. The first kappa shape index (κ1) is 15.7. The van der Waals surface area contributed by atoms with E-state index in [2.05, 4.69) is 5.09 Å². The van der Waals surface area contributed by atoms with Gasteiger partial charge in [-0.1, -0.05) is 0 Å². The molecule has 1 aliphatic rings. The van der Waals surface area contributed by atoms with Crippen molar-refractivity contribution in [1.29, 1.82) is 0 Å². The van der Waals surface area contributed by atoms with E-state index >= 15 is 4.20 Å². The van der Waals surface area contributed by atoms with E-state index in [1.807, 2.05) is 12.1 Å². The Morgan fingerprint density at radius 2 is 1.38 bits per heavy atom. The van der Waals surface area contributed by atoms with Gasteiger partial charge >= 0.3 is 149 Å². The number of fused-ring (bicyclic) bond motifs is 1. The number of halogens is 3. The molecule has 1 heterocycles. The average Bonchev–Trinajstić information content (AvgIpc) is 2.93. The number of hydrogen-bond donors (Lipinski definition) is 1. The summed E-state index contributed by atoms with van der Waals surface area (Å²) in [6.45, 7) is 0. The molecule has 0 aliphatic carbocycles. The first-order chi connectivity index (χ1) is 11.5. The molecule has 0 spiro atoms. The Morgan fingerprint density at radius 1 is 0.833 bits per heavy atom. The standard InChI is InChI=1S/C18H13Cl2FNOP/c19-13-11-16(20)18-17(12-13)22-24(21,23-18,14-7-3-1-4-8-14)15-9-5-2-6-10-15/h1-12,22H. The molecule has 3 aromatic rings. The Hall–Kier alpha value is -1.80. The van der Waals surface area contributed by atoms with Crippen LogP contribution in [0.25, 0.3) is 0 Å². The van der Waals surface area contributed by atoms with Crippen LogP contribution in [-0.2, 0) is 0 Å². The number of benzene rings is 3. The predicted octanol–water partition coefficient (Wildman–Crippen LogP) is 5.72. The van der Waals surface area contributed by atoms with Crippen molar-refractivity contribution < 1.29 is 8.72 Å². The zero-order valence-electron chi connectivity index (χ0n) is 12.4. The van der Waals surface area contributed by atoms with Crippen molar-refractivity contribution in [2.24, 2.45) is 0 Å². The first-order valence-corrected chi connectivity index (χ1v) is 10.1. The zero-order chi connectivity index (χ0) is 16.8. The van der Waals surface area contributed by atoms with E-state index in [1.54, 1.807) is 60.7 Å². The Morgan fingerprint density at radius 3 is 1.92 bits per heavy atom. The zero-order valence-corrected chi connectivity index (χ0v) is 14.8. The summed E-state index contributed by atoms with van der Waals surface area (Å²) in [5.74, 6) is 0.286. The van der Waals surface area contributed by atoms with Gasteiger partial charge in [-0.15, -0.1) is 0 Å². The van der Waals surface area contributed by atoms with E-state index in [9.17, 15) is 0 Å². The molecule has 24 heavy (non-hydrogen) atoms. The molecule has 0 radical (unpaired) electrons. The molecular formula is C18H13Cl2FNOP. The van der Waals surface area contributed by atoms with Crippen molar-refractivity contribution in [1.82, 2.24) is 0 Å². The molecular weight excluding hydrogens is 367 g/mol. The average molecular weight is 380 g/mol. The molecule has 0 fully saturated rings. The third-order valence-electron chi connectivity index (χ3n) is 4.03. The quantitative estimate of drug-likeness (QED) is 0.575. The Bertz CT molecular complexity index is 882. The molecule has 4 rings (SSSR count). The van der Waals surface area contributed by atoms with Gasteiger partial charge in [-0.05, 0) is 0 Å². The molecule has 0 unspecified atom stereocenters. The first-order valence-electron chi connectivity index (χ1n) is 7.33. The minimum absolute atomic E-state index is 0.279. The maximum absolute atomic E-state index is 17.0. The van der Waals surface area contributed by atoms with Crippen LogP contribution in [0.15, 0.2) is 72.8 Å². The van der Waals surface area contributed by atoms with Crippen LogP contribution in [0.5, 0.6) is 5.75 Å². The van der Waals surface area contributed by atoms with Gasteiger partial charge in [0.15, 0.2) is 0 Å². The third-order valence-corrected chi connectivity index (χ3v) is 8.13. The van der Waals surface area contributed by atoms with Crippen LogP contribution in [-0.4, -0.2) is 0 Å². The van der Waals surface area contributed by atoms with Gasteiger partial charge in [0.05, 0.1) is 0 Å². The van der Waals surface area contributed by atoms with Crippen LogP contribution in [0.2, 0.25) is 10.0 Å². The van der Waals surface area contributed by atoms with Crippen molar-refractivity contribution in [2.75, 3.05) is 5.09 Å². The number of anilines is 1. The Kier molecular flexibility index (Phi) is 3.50. The molecule has 1 aliphatic heterocycles. The second-order valence-corrected chi connectivity index (χ2v) is 9.72. The molecule has 0 saturated carbocycles. The van der Waals surface area contributed by atoms with Gasteiger partial charge in [-0.2, -0.15) is 0 Å². The molecule has 0 bridgehead atoms. The van der Waals surface area contributed by atoms with Crippen LogP contribution in [0, 0.1) is 0 Å². The van der Waals surface area contributed by atoms with Gasteiger partial charge in [0, 0.05) is 0 Å². The van der Waals surface area contributed by atoms with Gasteiger partial charge in [0.1, 0.15) is 0 Å². The van der Waals surface area contributed by atoms with Crippen molar-refractivity contribution in [3.8, 4) is 5.75 Å². The van der Waals surface area contributed by atoms with E-state index in [0.29, 0.717) is 21.3 Å². The summed E-state index contributed by atoms with van der Waals surface area (Å²) in [5, 5.41) is 4.59. The van der Waals surface area contributed by atoms with Crippen LogP contribution in [0.4, 0.5) is 9.88 Å². The fourth-order valence-electron chi connectivity index (χ4n) is 2.92. The topological polar surface area (TPSA) is 21.3 Å². The molecule has 0 aromatic heterocycles. The van der Waals surface area contributed by atoms with E-state index in [-0.39, 0.29) is 10.8 Å². The summed E-state index contributed by atoms with van der Waals surface area (Å²) < 4.78 is 23.0. The molecule has 2 nitrogen and oxygen atoms in total. The van der Waals surface area contributed by atoms with E-state index in [1.165, 1.54) is 0 Å². The van der Waals surface area contributed by atoms with Crippen LogP contribution in [0.3, 0.4) is 0 Å². The van der Waals surface area contributed by atoms with Crippen molar-refractivity contribution in [2.45, 2.75) is 0 Å². The fourth-order valence-corrected chi connectivity index (χ4v) is 6.86. The van der Waals surface area contributed by atoms with E-state index in [4.69, 9.17) is 27.7 Å². The van der Waals surface area contributed by atoms with E-state index in [0.717, 1.165) is 0 Å². The molecule has 0 saturated heterocycles. The summed E-state index contributed by atoms with van der Waals surface area (Å²) >= 11 is 12.3. The molecule has 122 valence electrons. The Labute approximate surface area is 149 Å². The second kappa shape index (κ2) is 5.35. The molecule has 0 amide bonds. The number of nitrogens with one attached hydrogen (secondary N) is 1. The van der Waals surface area contributed by atoms with Gasteiger partial charge < -0.3 is 0 Å². The number of rotatable bonds is 2. The van der Waals surface area contributed by atoms with Gasteiger partial charge in [0.2, 0.25) is 0 Å². The summed E-state index contributed by atoms with van der Waals surface area (Å²) in [4.78, 5) is 0. The van der Waals surface area contributed by atoms with Crippen molar-refractivity contribution in [3.05, 3.63) is 82.8 Å². The van der Waals surface area contributed by atoms with Crippen LogP contribution in [0.1, 0.15) is 0 Å². The third kappa shape index (κ3) is 2.20. The fraction of sp³-hybridized carbons (Fsp3) is 0. The summed E-state index contributed by atoms with van der Waals surface area (Å²) in [6.07, 6.45) is 0. The number of hydrogen-bond acceptors (Lipinski definition) is 2.